The molecule has 1 saturated heterocycles. The van der Waals surface area contributed by atoms with Crippen molar-refractivity contribution in [3.05, 3.63) is 23.9 Å². The second-order valence-electron chi connectivity index (χ2n) is 6.17. The molecule has 2 heterocycles. The van der Waals surface area contributed by atoms with Gasteiger partial charge in [-0.15, -0.1) is 12.4 Å². The fraction of sp³-hybridized carbons (Fsp3) is 0.500. The van der Waals surface area contributed by atoms with E-state index in [1.165, 1.54) is 0 Å². The van der Waals surface area contributed by atoms with E-state index < -0.39 is 0 Å². The van der Waals surface area contributed by atoms with E-state index in [2.05, 4.69) is 21.7 Å². The van der Waals surface area contributed by atoms with Gasteiger partial charge in [-0.1, -0.05) is 0 Å². The Labute approximate surface area is 154 Å². The van der Waals surface area contributed by atoms with Gasteiger partial charge in [-0.2, -0.15) is 0 Å². The maximum atomic E-state index is 12.0. The zero-order chi connectivity index (χ0) is 16.9. The summed E-state index contributed by atoms with van der Waals surface area (Å²) in [5.41, 5.74) is 2.13. The van der Waals surface area contributed by atoms with E-state index >= 15 is 0 Å². The first-order valence-corrected chi connectivity index (χ1v) is 8.43. The van der Waals surface area contributed by atoms with Crippen molar-refractivity contribution < 1.29 is 14.3 Å². The second kappa shape index (κ2) is 8.97. The molecule has 138 valence electrons. The molecule has 0 saturated carbocycles. The van der Waals surface area contributed by atoms with Crippen molar-refractivity contribution in [1.82, 2.24) is 15.6 Å². The highest BCUT2D eigenvalue weighted by Gasteiger charge is 2.21. The SMILES string of the molecule is COc1cc(OC)c2cc(CCCNC(=O)C3CCNC3)[nH]c2c1.Cl. The van der Waals surface area contributed by atoms with E-state index in [0.29, 0.717) is 6.54 Å². The Morgan fingerprint density at radius 1 is 1.28 bits per heavy atom. The number of fused-ring (bicyclic) bond motifs is 1. The van der Waals surface area contributed by atoms with Gasteiger partial charge in [-0.3, -0.25) is 4.79 Å². The van der Waals surface area contributed by atoms with Crippen LogP contribution in [0.4, 0.5) is 0 Å². The minimum absolute atomic E-state index is 0. The van der Waals surface area contributed by atoms with Crippen LogP contribution in [0.3, 0.4) is 0 Å². The van der Waals surface area contributed by atoms with Crippen LogP contribution in [0.2, 0.25) is 0 Å². The number of methoxy groups -OCH3 is 2. The topological polar surface area (TPSA) is 75.4 Å². The van der Waals surface area contributed by atoms with E-state index in [9.17, 15) is 4.79 Å². The molecule has 0 radical (unpaired) electrons. The number of aromatic nitrogens is 1. The van der Waals surface area contributed by atoms with Crippen molar-refractivity contribution in [3.63, 3.8) is 0 Å². The Bertz CT molecular complexity index is 711. The van der Waals surface area contributed by atoms with Crippen LogP contribution < -0.4 is 20.1 Å². The largest absolute Gasteiger partial charge is 0.497 e. The molecule has 2 aromatic rings. The lowest BCUT2D eigenvalue weighted by molar-refractivity contribution is -0.124. The highest BCUT2D eigenvalue weighted by molar-refractivity contribution is 5.88. The van der Waals surface area contributed by atoms with Gasteiger partial charge in [0.15, 0.2) is 0 Å². The molecule has 6 nitrogen and oxygen atoms in total. The monoisotopic (exact) mass is 367 g/mol. The number of aryl methyl sites for hydroxylation is 1. The fourth-order valence-corrected chi connectivity index (χ4v) is 3.17. The Morgan fingerprint density at radius 2 is 2.12 bits per heavy atom. The first-order chi connectivity index (χ1) is 11.7. The normalized spacial score (nSPS) is 16.5. The van der Waals surface area contributed by atoms with Gasteiger partial charge in [0.25, 0.3) is 0 Å². The van der Waals surface area contributed by atoms with Gasteiger partial charge in [-0.25, -0.2) is 0 Å². The van der Waals surface area contributed by atoms with Crippen LogP contribution in [0.5, 0.6) is 11.5 Å². The Balaban J connectivity index is 0.00000225. The molecule has 3 rings (SSSR count). The van der Waals surface area contributed by atoms with Gasteiger partial charge in [-0.05, 0) is 31.9 Å². The van der Waals surface area contributed by atoms with Crippen molar-refractivity contribution in [2.75, 3.05) is 33.9 Å². The van der Waals surface area contributed by atoms with Crippen LogP contribution in [-0.4, -0.2) is 44.7 Å². The Hall–Kier alpha value is -1.92. The Morgan fingerprint density at radius 3 is 2.80 bits per heavy atom. The summed E-state index contributed by atoms with van der Waals surface area (Å²) < 4.78 is 10.7. The molecule has 1 atom stereocenters. The molecule has 1 aliphatic heterocycles. The standard InChI is InChI=1S/C18H25N3O3.ClH/c1-23-14-9-16-15(17(10-14)24-2)8-13(21-16)4-3-6-20-18(22)12-5-7-19-11-12;/h8-10,12,19,21H,3-7,11H2,1-2H3,(H,20,22);1H. The molecule has 1 aromatic heterocycles. The summed E-state index contributed by atoms with van der Waals surface area (Å²) in [6, 6.07) is 5.96. The lowest BCUT2D eigenvalue weighted by atomic mass is 10.1. The smallest absolute Gasteiger partial charge is 0.224 e. The number of carbonyl (C=O) groups excluding carboxylic acids is 1. The second-order valence-corrected chi connectivity index (χ2v) is 6.17. The average Bonchev–Trinajstić information content (AvgIpc) is 3.26. The van der Waals surface area contributed by atoms with Crippen LogP contribution in [0, 0.1) is 5.92 Å². The van der Waals surface area contributed by atoms with Gasteiger partial charge in [0.1, 0.15) is 11.5 Å². The van der Waals surface area contributed by atoms with Crippen molar-refractivity contribution in [2.45, 2.75) is 19.3 Å². The van der Waals surface area contributed by atoms with E-state index in [0.717, 1.165) is 60.4 Å². The lowest BCUT2D eigenvalue weighted by Gasteiger charge is -2.09. The zero-order valence-electron chi connectivity index (χ0n) is 14.7. The summed E-state index contributed by atoms with van der Waals surface area (Å²) in [5.74, 6) is 1.87. The number of H-pyrrole nitrogens is 1. The highest BCUT2D eigenvalue weighted by atomic mass is 35.5. The summed E-state index contributed by atoms with van der Waals surface area (Å²) in [7, 11) is 3.31. The average molecular weight is 368 g/mol. The molecule has 1 amide bonds. The van der Waals surface area contributed by atoms with E-state index in [4.69, 9.17) is 9.47 Å². The van der Waals surface area contributed by atoms with Crippen LogP contribution >= 0.6 is 12.4 Å². The molecule has 1 aliphatic rings. The minimum Gasteiger partial charge on any atom is -0.497 e. The molecule has 25 heavy (non-hydrogen) atoms. The molecule has 0 bridgehead atoms. The Kier molecular flexibility index (Phi) is 6.96. The summed E-state index contributed by atoms with van der Waals surface area (Å²) >= 11 is 0. The molecule has 1 unspecified atom stereocenters. The molecule has 3 N–H and O–H groups in total. The molecular weight excluding hydrogens is 342 g/mol. The number of amides is 1. The van der Waals surface area contributed by atoms with Gasteiger partial charge in [0.05, 0.1) is 25.7 Å². The van der Waals surface area contributed by atoms with Crippen LogP contribution in [0.1, 0.15) is 18.5 Å². The first-order valence-electron chi connectivity index (χ1n) is 8.43. The quantitative estimate of drug-likeness (QED) is 0.656. The van der Waals surface area contributed by atoms with Gasteiger partial charge in [0, 0.05) is 36.3 Å². The number of hydrogen-bond donors (Lipinski definition) is 3. The molecule has 1 fully saturated rings. The lowest BCUT2D eigenvalue weighted by Crippen LogP contribution is -2.32. The third-order valence-electron chi connectivity index (χ3n) is 4.54. The van der Waals surface area contributed by atoms with Crippen molar-refractivity contribution in [1.29, 1.82) is 0 Å². The van der Waals surface area contributed by atoms with Crippen molar-refractivity contribution in [3.8, 4) is 11.5 Å². The molecule has 0 aliphatic carbocycles. The number of carbonyl (C=O) groups is 1. The maximum Gasteiger partial charge on any atom is 0.224 e. The molecule has 7 heteroatoms. The summed E-state index contributed by atoms with van der Waals surface area (Å²) in [5, 5.41) is 7.30. The number of nitrogens with one attached hydrogen (secondary N) is 3. The summed E-state index contributed by atoms with van der Waals surface area (Å²) in [4.78, 5) is 15.4. The molecule has 1 aromatic carbocycles. The van der Waals surface area contributed by atoms with Crippen molar-refractivity contribution in [2.24, 2.45) is 5.92 Å². The first kappa shape index (κ1) is 19.4. The highest BCUT2D eigenvalue weighted by Crippen LogP contribution is 2.31. The molecular formula is C18H26ClN3O3. The third-order valence-corrected chi connectivity index (χ3v) is 4.54. The fourth-order valence-electron chi connectivity index (χ4n) is 3.17. The van der Waals surface area contributed by atoms with Crippen molar-refractivity contribution >= 4 is 29.2 Å². The number of halogens is 1. The van der Waals surface area contributed by atoms with Gasteiger partial charge >= 0.3 is 0 Å². The maximum absolute atomic E-state index is 12.0. The van der Waals surface area contributed by atoms with Gasteiger partial charge in [0.2, 0.25) is 5.91 Å². The number of hydrogen-bond acceptors (Lipinski definition) is 4. The van der Waals surface area contributed by atoms with Gasteiger partial charge < -0.3 is 25.1 Å². The predicted octanol–water partition coefficient (Wildman–Crippen LogP) is 2.27. The van der Waals surface area contributed by atoms with Crippen LogP contribution in [-0.2, 0) is 11.2 Å². The van der Waals surface area contributed by atoms with Crippen LogP contribution in [0.25, 0.3) is 10.9 Å². The summed E-state index contributed by atoms with van der Waals surface area (Å²) in [6.07, 6.45) is 2.72. The van der Waals surface area contributed by atoms with E-state index in [1.807, 2.05) is 12.1 Å². The van der Waals surface area contributed by atoms with Crippen LogP contribution in [0.15, 0.2) is 18.2 Å². The van der Waals surface area contributed by atoms with E-state index in [-0.39, 0.29) is 24.2 Å². The number of ether oxygens (including phenoxy) is 2. The third kappa shape index (κ3) is 4.58. The molecule has 0 spiro atoms. The van der Waals surface area contributed by atoms with E-state index in [1.54, 1.807) is 14.2 Å². The minimum atomic E-state index is 0. The summed E-state index contributed by atoms with van der Waals surface area (Å²) in [6.45, 7) is 2.44. The number of aromatic amines is 1. The predicted molar refractivity (Wildman–Crippen MR) is 101 cm³/mol. The number of benzene rings is 1. The number of rotatable bonds is 7. The zero-order valence-corrected chi connectivity index (χ0v) is 15.5.